The van der Waals surface area contributed by atoms with Crippen LogP contribution in [0.4, 0.5) is 5.69 Å². The topological polar surface area (TPSA) is 18.5 Å². The molecule has 3 nitrogen and oxygen atoms in total. The maximum atomic E-state index is 5.45. The monoisotopic (exact) mass is 297 g/mol. The Morgan fingerprint density at radius 2 is 1.76 bits per heavy atom. The molecule has 0 radical (unpaired) electrons. The Morgan fingerprint density at radius 3 is 2.48 bits per heavy atom. The predicted molar refractivity (Wildman–Crippen MR) is 91.1 cm³/mol. The first-order valence-electron chi connectivity index (χ1n) is 7.11. The van der Waals surface area contributed by atoms with E-state index in [1.54, 1.807) is 0 Å². The quantitative estimate of drug-likeness (QED) is 0.877. The third-order valence-electron chi connectivity index (χ3n) is 3.64. The van der Waals surface area contributed by atoms with Crippen molar-refractivity contribution in [3.05, 3.63) is 65.7 Å². The number of rotatable bonds is 3. The fourth-order valence-electron chi connectivity index (χ4n) is 2.46. The summed E-state index contributed by atoms with van der Waals surface area (Å²) in [5.74, 6) is 0. The third-order valence-corrected chi connectivity index (χ3v) is 4.00. The molecule has 0 spiro atoms. The number of aryl methyl sites for hydroxylation is 1. The minimum absolute atomic E-state index is 0.788. The van der Waals surface area contributed by atoms with E-state index in [-0.39, 0.29) is 0 Å². The highest BCUT2D eigenvalue weighted by molar-refractivity contribution is 7.80. The lowest BCUT2D eigenvalue weighted by Crippen LogP contribution is -2.55. The van der Waals surface area contributed by atoms with Crippen LogP contribution in [0.15, 0.2) is 54.6 Å². The van der Waals surface area contributed by atoms with E-state index < -0.39 is 0 Å². The number of nitrogens with zero attached hydrogens (tertiary/aromatic N) is 2. The van der Waals surface area contributed by atoms with Gasteiger partial charge in [0, 0.05) is 12.2 Å². The van der Waals surface area contributed by atoms with Crippen LogP contribution in [0.5, 0.6) is 0 Å². The molecule has 1 N–H and O–H groups in total. The van der Waals surface area contributed by atoms with Crippen LogP contribution >= 0.6 is 12.2 Å². The van der Waals surface area contributed by atoms with Gasteiger partial charge in [-0.2, -0.15) is 0 Å². The fraction of sp³-hybridized carbons (Fsp3) is 0.235. The van der Waals surface area contributed by atoms with Gasteiger partial charge in [0.2, 0.25) is 0 Å². The lowest BCUT2D eigenvalue weighted by molar-refractivity contribution is 0.253. The van der Waals surface area contributed by atoms with Crippen LogP contribution in [-0.2, 0) is 6.54 Å². The van der Waals surface area contributed by atoms with Gasteiger partial charge in [-0.15, -0.1) is 0 Å². The Balaban J connectivity index is 1.72. The molecule has 0 aromatic heterocycles. The molecule has 0 amide bonds. The Morgan fingerprint density at radius 1 is 1.05 bits per heavy atom. The summed E-state index contributed by atoms with van der Waals surface area (Å²) in [4.78, 5) is 4.48. The summed E-state index contributed by atoms with van der Waals surface area (Å²) in [6, 6.07) is 19.0. The van der Waals surface area contributed by atoms with Gasteiger partial charge >= 0.3 is 0 Å². The van der Waals surface area contributed by atoms with Gasteiger partial charge in [0.25, 0.3) is 0 Å². The van der Waals surface area contributed by atoms with Crippen molar-refractivity contribution in [1.82, 2.24) is 10.2 Å². The van der Waals surface area contributed by atoms with Crippen LogP contribution < -0.4 is 10.2 Å². The van der Waals surface area contributed by atoms with E-state index in [1.165, 1.54) is 11.1 Å². The standard InChI is InChI=1S/C17H19N3S/c1-14-7-9-16(10-8-14)20-13-19(12-18-17(20)21)11-15-5-3-2-4-6-15/h2-10H,11-13H2,1H3,(H,18,21). The molecule has 1 heterocycles. The van der Waals surface area contributed by atoms with Gasteiger partial charge in [0.1, 0.15) is 0 Å². The van der Waals surface area contributed by atoms with E-state index >= 15 is 0 Å². The van der Waals surface area contributed by atoms with Crippen molar-refractivity contribution < 1.29 is 0 Å². The molecule has 2 aromatic rings. The molecule has 2 aromatic carbocycles. The maximum Gasteiger partial charge on any atom is 0.175 e. The van der Waals surface area contributed by atoms with Crippen LogP contribution in [0.3, 0.4) is 0 Å². The lowest BCUT2D eigenvalue weighted by Gasteiger charge is -2.38. The van der Waals surface area contributed by atoms with Gasteiger partial charge in [-0.3, -0.25) is 4.90 Å². The molecule has 1 saturated heterocycles. The molecular weight excluding hydrogens is 278 g/mol. The summed E-state index contributed by atoms with van der Waals surface area (Å²) in [5, 5.41) is 4.09. The highest BCUT2D eigenvalue weighted by Gasteiger charge is 2.21. The normalized spacial score (nSPS) is 15.9. The van der Waals surface area contributed by atoms with Gasteiger partial charge in [-0.05, 0) is 36.8 Å². The Hall–Kier alpha value is -1.91. The van der Waals surface area contributed by atoms with E-state index in [0.29, 0.717) is 0 Å². The zero-order valence-electron chi connectivity index (χ0n) is 12.1. The second-order valence-electron chi connectivity index (χ2n) is 5.36. The average Bonchev–Trinajstić information content (AvgIpc) is 2.51. The van der Waals surface area contributed by atoms with Crippen molar-refractivity contribution in [2.75, 3.05) is 18.2 Å². The van der Waals surface area contributed by atoms with Crippen LogP contribution in [0.25, 0.3) is 0 Å². The Kier molecular flexibility index (Phi) is 4.18. The zero-order chi connectivity index (χ0) is 14.7. The zero-order valence-corrected chi connectivity index (χ0v) is 12.9. The van der Waals surface area contributed by atoms with Gasteiger partial charge in [-0.25, -0.2) is 0 Å². The highest BCUT2D eigenvalue weighted by Crippen LogP contribution is 2.18. The van der Waals surface area contributed by atoms with E-state index in [4.69, 9.17) is 12.2 Å². The summed E-state index contributed by atoms with van der Waals surface area (Å²) in [6.07, 6.45) is 0. The van der Waals surface area contributed by atoms with Crippen molar-refractivity contribution in [3.63, 3.8) is 0 Å². The van der Waals surface area contributed by atoms with E-state index in [2.05, 4.69) is 70.6 Å². The maximum absolute atomic E-state index is 5.45. The number of thiocarbonyl (C=S) groups is 1. The van der Waals surface area contributed by atoms with Crippen LogP contribution in [0.1, 0.15) is 11.1 Å². The molecule has 0 bridgehead atoms. The summed E-state index contributed by atoms with van der Waals surface area (Å²) >= 11 is 5.45. The van der Waals surface area contributed by atoms with Gasteiger partial charge in [0.15, 0.2) is 5.11 Å². The van der Waals surface area contributed by atoms with Crippen LogP contribution in [0.2, 0.25) is 0 Å². The second kappa shape index (κ2) is 6.24. The number of hydrogen-bond acceptors (Lipinski definition) is 2. The first-order valence-corrected chi connectivity index (χ1v) is 7.51. The van der Waals surface area contributed by atoms with Crippen LogP contribution in [0, 0.1) is 6.92 Å². The summed E-state index contributed by atoms with van der Waals surface area (Å²) in [5.41, 5.74) is 3.71. The van der Waals surface area contributed by atoms with Crippen molar-refractivity contribution in [2.45, 2.75) is 13.5 Å². The minimum Gasteiger partial charge on any atom is -0.349 e. The van der Waals surface area contributed by atoms with Crippen molar-refractivity contribution in [3.8, 4) is 0 Å². The van der Waals surface area contributed by atoms with Crippen molar-refractivity contribution in [1.29, 1.82) is 0 Å². The van der Waals surface area contributed by atoms with Crippen molar-refractivity contribution in [2.24, 2.45) is 0 Å². The molecule has 1 fully saturated rings. The first-order chi connectivity index (χ1) is 10.2. The molecule has 1 aliphatic heterocycles. The Labute approximate surface area is 131 Å². The molecule has 0 unspecified atom stereocenters. The molecular formula is C17H19N3S. The molecule has 108 valence electrons. The highest BCUT2D eigenvalue weighted by atomic mass is 32.1. The number of anilines is 1. The smallest absolute Gasteiger partial charge is 0.175 e. The second-order valence-corrected chi connectivity index (χ2v) is 5.75. The lowest BCUT2D eigenvalue weighted by atomic mass is 10.2. The summed E-state index contributed by atoms with van der Waals surface area (Å²) in [6.45, 7) is 4.61. The average molecular weight is 297 g/mol. The SMILES string of the molecule is Cc1ccc(N2CN(Cc3ccccc3)CNC2=S)cc1. The molecule has 0 atom stereocenters. The van der Waals surface area contributed by atoms with Gasteiger partial charge in [0.05, 0.1) is 13.3 Å². The number of benzene rings is 2. The number of nitrogens with one attached hydrogen (secondary N) is 1. The summed E-state index contributed by atoms with van der Waals surface area (Å²) in [7, 11) is 0. The molecule has 0 aliphatic carbocycles. The molecule has 21 heavy (non-hydrogen) atoms. The first kappa shape index (κ1) is 14.0. The fourth-order valence-corrected chi connectivity index (χ4v) is 2.69. The third kappa shape index (κ3) is 3.40. The van der Waals surface area contributed by atoms with E-state index in [9.17, 15) is 0 Å². The summed E-state index contributed by atoms with van der Waals surface area (Å²) < 4.78 is 0. The predicted octanol–water partition coefficient (Wildman–Crippen LogP) is 3.11. The largest absolute Gasteiger partial charge is 0.349 e. The Bertz CT molecular complexity index is 610. The van der Waals surface area contributed by atoms with Gasteiger partial charge < -0.3 is 10.2 Å². The molecule has 3 rings (SSSR count). The number of hydrogen-bond donors (Lipinski definition) is 1. The van der Waals surface area contributed by atoms with E-state index in [0.717, 1.165) is 30.7 Å². The molecule has 4 heteroatoms. The van der Waals surface area contributed by atoms with Crippen LogP contribution in [-0.4, -0.2) is 23.3 Å². The van der Waals surface area contributed by atoms with Crippen molar-refractivity contribution >= 4 is 23.0 Å². The molecule has 0 saturated carbocycles. The van der Waals surface area contributed by atoms with Gasteiger partial charge in [-0.1, -0.05) is 48.0 Å². The molecule has 1 aliphatic rings. The van der Waals surface area contributed by atoms with E-state index in [1.807, 2.05) is 6.07 Å². The minimum atomic E-state index is 0.788.